The number of esters is 3. The molecule has 6 N–H and O–H groups in total. The molecule has 0 radical (unpaired) electrons. The molecule has 3 amide bonds. The average molecular weight is 1180 g/mol. The van der Waals surface area contributed by atoms with E-state index in [1.54, 1.807) is 51.2 Å². The van der Waals surface area contributed by atoms with E-state index in [1.807, 2.05) is 0 Å². The van der Waals surface area contributed by atoms with Crippen molar-refractivity contribution in [2.24, 2.45) is 23.5 Å². The molecule has 25 heteroatoms. The lowest BCUT2D eigenvalue weighted by Crippen LogP contribution is -2.47. The first-order chi connectivity index (χ1) is 39.8. The van der Waals surface area contributed by atoms with Gasteiger partial charge in [-0.05, 0) is 93.6 Å². The maximum Gasteiger partial charge on any atom is 0.307 e. The number of primary amides is 1. The number of H-pyrrole nitrogens is 1. The highest BCUT2D eigenvalue weighted by molar-refractivity contribution is 7.89. The number of ether oxygens (including phenoxy) is 7. The minimum Gasteiger partial charge on any atom is -0.497 e. The Hall–Kier alpha value is -7.45. The highest BCUT2D eigenvalue weighted by atomic mass is 32.2. The smallest absolute Gasteiger partial charge is 0.307 e. The highest BCUT2D eigenvalue weighted by Crippen LogP contribution is 2.24. The Morgan fingerprint density at radius 1 is 0.627 bits per heavy atom. The molecule has 0 aliphatic rings. The Bertz CT molecular complexity index is 2900. The lowest BCUT2D eigenvalue weighted by atomic mass is 9.89. The molecule has 1 heterocycles. The summed E-state index contributed by atoms with van der Waals surface area (Å²) in [4.78, 5) is 125. The van der Waals surface area contributed by atoms with Gasteiger partial charge in [0, 0.05) is 93.2 Å². The maximum absolute atomic E-state index is 14.6. The summed E-state index contributed by atoms with van der Waals surface area (Å²) in [5, 5.41) is 5.95. The van der Waals surface area contributed by atoms with Crippen molar-refractivity contribution >= 4 is 73.9 Å². The zero-order chi connectivity index (χ0) is 60.7. The van der Waals surface area contributed by atoms with Crippen LogP contribution in [-0.4, -0.2) is 152 Å². The quantitative estimate of drug-likeness (QED) is 0.0238. The molecule has 83 heavy (non-hydrogen) atoms. The second-order valence-electron chi connectivity index (χ2n) is 19.1. The number of rotatable bonds is 42. The Morgan fingerprint density at radius 2 is 1.20 bits per heavy atom. The van der Waals surface area contributed by atoms with Gasteiger partial charge in [0.1, 0.15) is 31.4 Å². The fraction of sp³-hybridized carbons (Fsp3) is 0.500. The number of carbonyl (C=O) groups is 9. The van der Waals surface area contributed by atoms with Gasteiger partial charge in [0.25, 0.3) is 0 Å². The van der Waals surface area contributed by atoms with Gasteiger partial charge in [-0.15, -0.1) is 0 Å². The summed E-state index contributed by atoms with van der Waals surface area (Å²) in [5.74, 6) is -11.6. The van der Waals surface area contributed by atoms with Crippen LogP contribution in [0.5, 0.6) is 5.75 Å². The van der Waals surface area contributed by atoms with Crippen LogP contribution in [0.3, 0.4) is 0 Å². The number of carbonyl (C=O) groups excluding carboxylic acids is 9. The van der Waals surface area contributed by atoms with E-state index in [2.05, 4.69) is 20.3 Å². The van der Waals surface area contributed by atoms with Crippen molar-refractivity contribution in [3.8, 4) is 5.75 Å². The van der Waals surface area contributed by atoms with E-state index in [9.17, 15) is 56.0 Å². The zero-order valence-electron chi connectivity index (χ0n) is 47.2. The van der Waals surface area contributed by atoms with Crippen molar-refractivity contribution in [1.82, 2.24) is 20.3 Å². The first-order valence-electron chi connectivity index (χ1n) is 27.4. The van der Waals surface area contributed by atoms with Gasteiger partial charge >= 0.3 is 17.9 Å². The Kier molecular flexibility index (Phi) is 29.7. The number of Topliss-reactive ketones (excluding diaryl/α,β-unsaturated/α-hetero) is 3. The number of benzene rings is 3. The van der Waals surface area contributed by atoms with Crippen molar-refractivity contribution in [3.63, 3.8) is 0 Å². The lowest BCUT2D eigenvalue weighted by molar-refractivity contribution is -0.147. The number of hydrogen-bond acceptors (Lipinski definition) is 18. The number of sulfonamides is 1. The monoisotopic (exact) mass is 1180 g/mol. The number of methoxy groups -OCH3 is 1. The molecule has 0 spiro atoms. The van der Waals surface area contributed by atoms with Crippen LogP contribution in [0.2, 0.25) is 0 Å². The third kappa shape index (κ3) is 24.5. The number of hydrogen-bond donors (Lipinski definition) is 5. The number of amides is 3. The molecule has 3 aromatic carbocycles. The molecule has 5 atom stereocenters. The molecule has 454 valence electrons. The zero-order valence-corrected chi connectivity index (χ0v) is 48.1. The van der Waals surface area contributed by atoms with Gasteiger partial charge in [-0.1, -0.05) is 30.3 Å². The number of nitrogens with two attached hydrogens (primary N) is 1. The highest BCUT2D eigenvalue weighted by Gasteiger charge is 2.35. The average Bonchev–Trinajstić information content (AvgIpc) is 4.15. The first-order valence-corrected chi connectivity index (χ1v) is 28.9. The first kappa shape index (κ1) is 68.1. The molecule has 0 fully saturated rings. The topological polar surface area (TPSA) is 330 Å². The molecule has 4 rings (SSSR count). The van der Waals surface area contributed by atoms with Crippen LogP contribution in [0.1, 0.15) is 83.3 Å². The molecule has 1 aromatic heterocycles. The van der Waals surface area contributed by atoms with Gasteiger partial charge < -0.3 is 54.5 Å². The predicted molar refractivity (Wildman–Crippen MR) is 298 cm³/mol. The third-order valence-corrected chi connectivity index (χ3v) is 14.5. The van der Waals surface area contributed by atoms with E-state index in [-0.39, 0.29) is 76.6 Å². The molecule has 0 unspecified atom stereocenters. The summed E-state index contributed by atoms with van der Waals surface area (Å²) >= 11 is 0. The van der Waals surface area contributed by atoms with Gasteiger partial charge in [0.15, 0.2) is 17.3 Å². The summed E-state index contributed by atoms with van der Waals surface area (Å²) < 4.78 is 80.5. The van der Waals surface area contributed by atoms with Gasteiger partial charge in [0.2, 0.25) is 27.7 Å². The summed E-state index contributed by atoms with van der Waals surface area (Å²) in [6.07, 6.45) is -2.53. The summed E-state index contributed by atoms with van der Waals surface area (Å²) in [6.45, 7) is 5.46. The summed E-state index contributed by atoms with van der Waals surface area (Å²) in [6, 6.07) is 14.5. The molecule has 0 aliphatic carbocycles. The van der Waals surface area contributed by atoms with Crippen LogP contribution >= 0.6 is 0 Å². The lowest BCUT2D eigenvalue weighted by Gasteiger charge is -2.24. The number of aromatic amines is 1. The SMILES string of the molecule is CCOCCOC(=O)CC[C@H](CC(=O)[C@H](Cc1c[nH]c2ccccc12)NC(=O)[C@@H](CC(=O)CNC(=O)[C@H](CCC(=O)OCCOCC)CC(=O)[C@@H](CC(=O)OCCOCC)NS(=O)(=O)c1ccc(OC)cc1)Cc1cccc(F)c1)C(N)=O. The van der Waals surface area contributed by atoms with Gasteiger partial charge in [0.05, 0.1) is 56.9 Å². The van der Waals surface area contributed by atoms with Crippen molar-refractivity contribution in [1.29, 1.82) is 0 Å². The van der Waals surface area contributed by atoms with Gasteiger partial charge in [-0.3, -0.25) is 43.2 Å². The second-order valence-corrected chi connectivity index (χ2v) is 20.9. The normalized spacial score (nSPS) is 13.2. The number of ketones is 3. The minimum atomic E-state index is -4.52. The van der Waals surface area contributed by atoms with Crippen molar-refractivity contribution in [2.75, 3.05) is 73.1 Å². The van der Waals surface area contributed by atoms with E-state index in [1.165, 1.54) is 49.6 Å². The fourth-order valence-corrected chi connectivity index (χ4v) is 9.86. The van der Waals surface area contributed by atoms with Crippen LogP contribution in [0, 0.1) is 23.6 Å². The van der Waals surface area contributed by atoms with Crippen LogP contribution in [0.15, 0.2) is 83.9 Å². The van der Waals surface area contributed by atoms with E-state index >= 15 is 0 Å². The Labute approximate surface area is 481 Å². The molecule has 0 aliphatic heterocycles. The maximum atomic E-state index is 14.6. The van der Waals surface area contributed by atoms with Crippen LogP contribution in [-0.2, 0) is 94.4 Å². The predicted octanol–water partition coefficient (Wildman–Crippen LogP) is 3.95. The number of halogens is 1. The van der Waals surface area contributed by atoms with E-state index in [4.69, 9.17) is 38.9 Å². The van der Waals surface area contributed by atoms with E-state index in [0.717, 1.165) is 17.0 Å². The second kappa shape index (κ2) is 36.2. The summed E-state index contributed by atoms with van der Waals surface area (Å²) in [5.41, 5.74) is 7.36. The van der Waals surface area contributed by atoms with Gasteiger partial charge in [-0.25, -0.2) is 17.5 Å². The van der Waals surface area contributed by atoms with Crippen molar-refractivity contribution < 1.29 is 89.1 Å². The molecular weight excluding hydrogens is 1110 g/mol. The molecule has 0 bridgehead atoms. The number of fused-ring (bicyclic) bond motifs is 1. The molecule has 0 saturated carbocycles. The van der Waals surface area contributed by atoms with Crippen LogP contribution in [0.4, 0.5) is 4.39 Å². The van der Waals surface area contributed by atoms with E-state index in [0.29, 0.717) is 36.7 Å². The number of nitrogens with one attached hydrogen (secondary N) is 4. The number of para-hydroxylation sites is 1. The largest absolute Gasteiger partial charge is 0.497 e. The standard InChI is InChI=1S/C58H76FN5O18S/c1-5-77-23-26-80-53(68)21-15-39(56(60)71)33-51(66)49(32-42-36-61-48-14-9-8-13-47(42)48)63-58(73)41(29-38-11-10-12-43(59)30-38)31-44(65)37-62-57(72)40(16-22-54(69)81-27-24-78-6-2)34-52(67)50(35-55(70)82-28-25-79-7-3)64-83(74,75)46-19-17-45(76-4)18-20-46/h8-14,17-20,30,36,39-41,49-50,61,64H,5-7,15-16,21-29,31-35,37H2,1-4H3,(H2,60,71)(H,62,72)(H,63,73)/t39-,40-,41-,49+,50-/m1/s1. The summed E-state index contributed by atoms with van der Waals surface area (Å²) in [7, 11) is -3.14. The minimum absolute atomic E-state index is 0.0134. The van der Waals surface area contributed by atoms with Crippen molar-refractivity contribution in [3.05, 3.63) is 95.9 Å². The van der Waals surface area contributed by atoms with Crippen molar-refractivity contribution in [2.45, 2.75) is 102 Å². The molecule has 23 nitrogen and oxygen atoms in total. The van der Waals surface area contributed by atoms with E-state index < -0.39 is 137 Å². The molecular formula is C58H76FN5O18S. The molecule has 0 saturated heterocycles. The number of aromatic nitrogens is 1. The Morgan fingerprint density at radius 3 is 1.80 bits per heavy atom. The van der Waals surface area contributed by atoms with Crippen LogP contribution in [0.25, 0.3) is 10.9 Å². The molecule has 4 aromatic rings. The van der Waals surface area contributed by atoms with Gasteiger partial charge in [-0.2, -0.15) is 0 Å². The van der Waals surface area contributed by atoms with Crippen LogP contribution < -0.4 is 25.8 Å². The third-order valence-electron chi connectivity index (χ3n) is 13.1. The fourth-order valence-electron chi connectivity index (χ4n) is 8.64. The Balaban J connectivity index is 1.60.